The fourth-order valence-electron chi connectivity index (χ4n) is 2.35. The van der Waals surface area contributed by atoms with Gasteiger partial charge in [-0.05, 0) is 40.9 Å². The Morgan fingerprint density at radius 2 is 1.95 bits per heavy atom. The van der Waals surface area contributed by atoms with Gasteiger partial charge in [0, 0.05) is 17.1 Å². The Labute approximate surface area is 123 Å². The van der Waals surface area contributed by atoms with Gasteiger partial charge >= 0.3 is 6.18 Å². The van der Waals surface area contributed by atoms with E-state index in [9.17, 15) is 18.0 Å². The smallest absolute Gasteiger partial charge is 0.326 e. The lowest BCUT2D eigenvalue weighted by Crippen LogP contribution is -2.56. The van der Waals surface area contributed by atoms with Crippen LogP contribution in [-0.4, -0.2) is 35.6 Å². The number of likely N-dealkylation sites (tertiary alicyclic amines) is 1. The molecule has 1 fully saturated rings. The van der Waals surface area contributed by atoms with Crippen molar-refractivity contribution in [3.63, 3.8) is 0 Å². The molecule has 110 valence electrons. The molecule has 2 N–H and O–H groups in total. The second kappa shape index (κ2) is 5.73. The van der Waals surface area contributed by atoms with Crippen LogP contribution in [0.15, 0.2) is 28.7 Å². The van der Waals surface area contributed by atoms with Crippen LogP contribution in [0.25, 0.3) is 0 Å². The number of carbonyl (C=O) groups is 1. The van der Waals surface area contributed by atoms with Crippen LogP contribution >= 0.6 is 15.9 Å². The highest BCUT2D eigenvalue weighted by Gasteiger charge is 2.47. The predicted molar refractivity (Wildman–Crippen MR) is 72.2 cm³/mol. The normalized spacial score (nSPS) is 23.8. The van der Waals surface area contributed by atoms with E-state index in [0.717, 1.165) is 4.90 Å². The largest absolute Gasteiger partial charge is 0.408 e. The van der Waals surface area contributed by atoms with Crippen molar-refractivity contribution in [1.82, 2.24) is 4.90 Å². The van der Waals surface area contributed by atoms with Gasteiger partial charge in [0.15, 0.2) is 0 Å². The molecule has 1 aliphatic rings. The molecule has 7 heteroatoms. The second-order valence-electron chi connectivity index (χ2n) is 4.83. The molecule has 1 saturated heterocycles. The first kappa shape index (κ1) is 15.3. The Hall–Kier alpha value is -1.08. The lowest BCUT2D eigenvalue weighted by molar-refractivity contribution is -0.184. The molecule has 0 bridgehead atoms. The van der Waals surface area contributed by atoms with Gasteiger partial charge in [0.1, 0.15) is 6.04 Å². The maximum absolute atomic E-state index is 13.0. The Morgan fingerprint density at radius 1 is 1.30 bits per heavy atom. The topological polar surface area (TPSA) is 46.3 Å². The van der Waals surface area contributed by atoms with Gasteiger partial charge in [0.05, 0.1) is 5.56 Å². The molecule has 20 heavy (non-hydrogen) atoms. The minimum absolute atomic E-state index is 0.0790. The molecule has 0 unspecified atom stereocenters. The van der Waals surface area contributed by atoms with Crippen LogP contribution in [0, 0.1) is 0 Å². The Kier molecular flexibility index (Phi) is 4.39. The second-order valence-corrected chi connectivity index (χ2v) is 5.69. The van der Waals surface area contributed by atoms with Crippen molar-refractivity contribution in [3.8, 4) is 0 Å². The number of halogens is 4. The molecule has 0 spiro atoms. The molecule has 1 aliphatic heterocycles. The van der Waals surface area contributed by atoms with E-state index < -0.39 is 24.2 Å². The SMILES string of the molecule is N[C@H]1CC[C@@H](C(F)(F)F)N(C(=O)c2ccccc2Br)C1. The van der Waals surface area contributed by atoms with Crippen molar-refractivity contribution in [2.24, 2.45) is 5.73 Å². The van der Waals surface area contributed by atoms with E-state index in [0.29, 0.717) is 4.47 Å². The Morgan fingerprint density at radius 3 is 2.55 bits per heavy atom. The highest BCUT2D eigenvalue weighted by Crippen LogP contribution is 2.33. The van der Waals surface area contributed by atoms with E-state index in [1.165, 1.54) is 6.07 Å². The van der Waals surface area contributed by atoms with E-state index in [2.05, 4.69) is 15.9 Å². The third-order valence-corrected chi connectivity index (χ3v) is 4.05. The van der Waals surface area contributed by atoms with E-state index in [1.807, 2.05) is 0 Å². The third kappa shape index (κ3) is 3.15. The van der Waals surface area contributed by atoms with E-state index in [4.69, 9.17) is 5.73 Å². The maximum Gasteiger partial charge on any atom is 0.408 e. The van der Waals surface area contributed by atoms with Gasteiger partial charge in [-0.2, -0.15) is 13.2 Å². The molecule has 0 aromatic heterocycles. The summed E-state index contributed by atoms with van der Waals surface area (Å²) in [6.45, 7) is -0.0790. The third-order valence-electron chi connectivity index (χ3n) is 3.36. The van der Waals surface area contributed by atoms with E-state index >= 15 is 0 Å². The molecule has 0 aliphatic carbocycles. The summed E-state index contributed by atoms with van der Waals surface area (Å²) >= 11 is 3.19. The molecule has 1 amide bonds. The van der Waals surface area contributed by atoms with Crippen LogP contribution in [0.1, 0.15) is 23.2 Å². The van der Waals surface area contributed by atoms with E-state index in [-0.39, 0.29) is 24.9 Å². The summed E-state index contributed by atoms with van der Waals surface area (Å²) in [6.07, 6.45) is -4.32. The molecule has 0 radical (unpaired) electrons. The van der Waals surface area contributed by atoms with Crippen molar-refractivity contribution < 1.29 is 18.0 Å². The molecule has 2 atom stereocenters. The maximum atomic E-state index is 13.0. The van der Waals surface area contributed by atoms with Crippen LogP contribution in [-0.2, 0) is 0 Å². The molecule has 3 nitrogen and oxygen atoms in total. The van der Waals surface area contributed by atoms with Crippen LogP contribution in [0.2, 0.25) is 0 Å². The van der Waals surface area contributed by atoms with Crippen molar-refractivity contribution in [2.45, 2.75) is 31.1 Å². The van der Waals surface area contributed by atoms with Crippen molar-refractivity contribution in [3.05, 3.63) is 34.3 Å². The first-order valence-corrected chi connectivity index (χ1v) is 6.98. The van der Waals surface area contributed by atoms with Gasteiger partial charge in [-0.3, -0.25) is 4.79 Å². The zero-order valence-electron chi connectivity index (χ0n) is 10.5. The van der Waals surface area contributed by atoms with Crippen molar-refractivity contribution in [1.29, 1.82) is 0 Å². The number of benzene rings is 1. The minimum atomic E-state index is -4.43. The highest BCUT2D eigenvalue weighted by atomic mass is 79.9. The quantitative estimate of drug-likeness (QED) is 0.846. The minimum Gasteiger partial charge on any atom is -0.326 e. The van der Waals surface area contributed by atoms with Gasteiger partial charge in [-0.1, -0.05) is 12.1 Å². The summed E-state index contributed by atoms with van der Waals surface area (Å²) in [4.78, 5) is 13.2. The first-order chi connectivity index (χ1) is 9.30. The predicted octanol–water partition coefficient (Wildman–Crippen LogP) is 2.94. The van der Waals surface area contributed by atoms with Crippen LogP contribution in [0.5, 0.6) is 0 Å². The molecule has 2 rings (SSSR count). The fraction of sp³-hybridized carbons (Fsp3) is 0.462. The number of hydrogen-bond acceptors (Lipinski definition) is 2. The summed E-state index contributed by atoms with van der Waals surface area (Å²) in [5.41, 5.74) is 5.93. The molecule has 1 heterocycles. The Bertz CT molecular complexity index is 507. The molecular weight excluding hydrogens is 337 g/mol. The lowest BCUT2D eigenvalue weighted by Gasteiger charge is -2.39. The van der Waals surface area contributed by atoms with Gasteiger partial charge in [0.2, 0.25) is 0 Å². The lowest BCUT2D eigenvalue weighted by atomic mass is 9.97. The first-order valence-electron chi connectivity index (χ1n) is 6.18. The Balaban J connectivity index is 2.31. The summed E-state index contributed by atoms with van der Waals surface area (Å²) in [7, 11) is 0. The van der Waals surface area contributed by atoms with Crippen LogP contribution in [0.4, 0.5) is 13.2 Å². The van der Waals surface area contributed by atoms with E-state index in [1.54, 1.807) is 18.2 Å². The molecular formula is C13H14BrF3N2O. The average Bonchev–Trinajstić information content (AvgIpc) is 2.37. The number of piperidine rings is 1. The summed E-state index contributed by atoms with van der Waals surface area (Å²) in [6, 6.07) is 4.26. The summed E-state index contributed by atoms with van der Waals surface area (Å²) in [5.74, 6) is -0.644. The number of rotatable bonds is 1. The number of alkyl halides is 3. The standard InChI is InChI=1S/C13H14BrF3N2O/c14-10-4-2-1-3-9(10)12(20)19-7-8(18)5-6-11(19)13(15,16)17/h1-4,8,11H,5-7,18H2/t8-,11-/m0/s1. The van der Waals surface area contributed by atoms with Gasteiger partial charge < -0.3 is 10.6 Å². The number of nitrogens with two attached hydrogens (primary N) is 1. The zero-order valence-corrected chi connectivity index (χ0v) is 12.1. The number of carbonyl (C=O) groups excluding carboxylic acids is 1. The summed E-state index contributed by atoms with van der Waals surface area (Å²) in [5, 5.41) is 0. The van der Waals surface area contributed by atoms with Gasteiger partial charge in [-0.25, -0.2) is 0 Å². The highest BCUT2D eigenvalue weighted by molar-refractivity contribution is 9.10. The van der Waals surface area contributed by atoms with Crippen LogP contribution in [0.3, 0.4) is 0 Å². The van der Waals surface area contributed by atoms with Gasteiger partial charge in [0.25, 0.3) is 5.91 Å². The van der Waals surface area contributed by atoms with Gasteiger partial charge in [-0.15, -0.1) is 0 Å². The average molecular weight is 351 g/mol. The van der Waals surface area contributed by atoms with Crippen molar-refractivity contribution >= 4 is 21.8 Å². The zero-order chi connectivity index (χ0) is 14.9. The number of hydrogen-bond donors (Lipinski definition) is 1. The molecule has 1 aromatic carbocycles. The molecule has 0 saturated carbocycles. The summed E-state index contributed by atoms with van der Waals surface area (Å²) < 4.78 is 39.6. The number of nitrogens with zero attached hydrogens (tertiary/aromatic N) is 1. The van der Waals surface area contributed by atoms with Crippen LogP contribution < -0.4 is 5.73 Å². The van der Waals surface area contributed by atoms with Crippen molar-refractivity contribution in [2.75, 3.05) is 6.54 Å². The molecule has 1 aromatic rings. The number of amides is 1. The fourth-order valence-corrected chi connectivity index (χ4v) is 2.81. The monoisotopic (exact) mass is 350 g/mol.